The molecule has 3 aromatic rings. The van der Waals surface area contributed by atoms with Crippen molar-refractivity contribution in [1.82, 2.24) is 0 Å². The number of aryl methyl sites for hydroxylation is 1. The second-order valence-corrected chi connectivity index (χ2v) is 6.20. The van der Waals surface area contributed by atoms with Crippen molar-refractivity contribution in [2.75, 3.05) is 4.90 Å². The number of amides is 1. The van der Waals surface area contributed by atoms with Crippen LogP contribution in [0.4, 0.5) is 5.69 Å². The molecule has 0 saturated heterocycles. The Bertz CT molecular complexity index is 832. The molecule has 0 radical (unpaired) electrons. The van der Waals surface area contributed by atoms with Gasteiger partial charge in [-0.2, -0.15) is 0 Å². The Hall–Kier alpha value is -2.55. The lowest BCUT2D eigenvalue weighted by molar-refractivity contribution is -0.118. The van der Waals surface area contributed by atoms with Crippen LogP contribution in [-0.2, 0) is 17.6 Å². The van der Waals surface area contributed by atoms with Crippen LogP contribution >= 0.6 is 0 Å². The van der Waals surface area contributed by atoms with Crippen molar-refractivity contribution in [3.8, 4) is 0 Å². The highest BCUT2D eigenvalue weighted by Gasteiger charge is 2.30. The third kappa shape index (κ3) is 2.52. The van der Waals surface area contributed by atoms with Crippen LogP contribution in [0.5, 0.6) is 0 Å². The Morgan fingerprint density at radius 3 is 2.83 bits per heavy atom. The quantitative estimate of drug-likeness (QED) is 0.721. The fraction of sp³-hybridized carbons (Fsp3) is 0.250. The van der Waals surface area contributed by atoms with Crippen LogP contribution in [0.3, 0.4) is 0 Å². The average molecular weight is 305 g/mol. The average Bonchev–Trinajstić information content (AvgIpc) is 3.12. The standard InChI is InChI=1S/C20H19NO2/c1-14-12-15-6-2-4-8-18(15)21(14)20(22)11-10-17-13-16-7-3-5-9-19(16)23-17/h2-9,13-14H,10-12H2,1H3. The van der Waals surface area contributed by atoms with Crippen molar-refractivity contribution in [1.29, 1.82) is 0 Å². The minimum absolute atomic E-state index is 0.169. The molecular weight excluding hydrogens is 286 g/mol. The summed E-state index contributed by atoms with van der Waals surface area (Å²) in [5.74, 6) is 1.04. The summed E-state index contributed by atoms with van der Waals surface area (Å²) < 4.78 is 5.81. The number of nitrogens with zero attached hydrogens (tertiary/aromatic N) is 1. The molecular formula is C20H19NO2. The molecule has 0 bridgehead atoms. The van der Waals surface area contributed by atoms with E-state index in [1.54, 1.807) is 0 Å². The summed E-state index contributed by atoms with van der Waals surface area (Å²) >= 11 is 0. The van der Waals surface area contributed by atoms with Gasteiger partial charge in [0.2, 0.25) is 5.91 Å². The van der Waals surface area contributed by atoms with E-state index in [1.165, 1.54) is 5.56 Å². The molecule has 1 aromatic heterocycles. The van der Waals surface area contributed by atoms with Gasteiger partial charge in [-0.05, 0) is 37.1 Å². The highest BCUT2D eigenvalue weighted by Crippen LogP contribution is 2.32. The lowest BCUT2D eigenvalue weighted by Gasteiger charge is -2.22. The van der Waals surface area contributed by atoms with E-state index in [0.29, 0.717) is 12.8 Å². The maximum atomic E-state index is 12.7. The van der Waals surface area contributed by atoms with Crippen LogP contribution in [0.15, 0.2) is 59.0 Å². The molecule has 2 heterocycles. The van der Waals surface area contributed by atoms with Gasteiger partial charge in [0.05, 0.1) is 0 Å². The summed E-state index contributed by atoms with van der Waals surface area (Å²) in [4.78, 5) is 14.6. The van der Waals surface area contributed by atoms with Crippen LogP contribution in [0.2, 0.25) is 0 Å². The zero-order chi connectivity index (χ0) is 15.8. The lowest BCUT2D eigenvalue weighted by Crippen LogP contribution is -2.35. The molecule has 116 valence electrons. The van der Waals surface area contributed by atoms with Crippen molar-refractivity contribution < 1.29 is 9.21 Å². The minimum atomic E-state index is 0.169. The molecule has 0 saturated carbocycles. The number of furan rings is 1. The second-order valence-electron chi connectivity index (χ2n) is 6.20. The third-order valence-electron chi connectivity index (χ3n) is 4.54. The van der Waals surface area contributed by atoms with Gasteiger partial charge in [0, 0.05) is 30.0 Å². The first-order chi connectivity index (χ1) is 11.2. The first-order valence-electron chi connectivity index (χ1n) is 8.10. The molecule has 1 unspecified atom stereocenters. The van der Waals surface area contributed by atoms with Gasteiger partial charge in [-0.1, -0.05) is 36.4 Å². The summed E-state index contributed by atoms with van der Waals surface area (Å²) in [6.07, 6.45) is 2.05. The third-order valence-corrected chi connectivity index (χ3v) is 4.54. The predicted molar refractivity (Wildman–Crippen MR) is 91.6 cm³/mol. The van der Waals surface area contributed by atoms with E-state index in [4.69, 9.17) is 4.42 Å². The van der Waals surface area contributed by atoms with Crippen LogP contribution in [0.1, 0.15) is 24.7 Å². The van der Waals surface area contributed by atoms with E-state index in [9.17, 15) is 4.79 Å². The lowest BCUT2D eigenvalue weighted by atomic mass is 10.1. The summed E-state index contributed by atoms with van der Waals surface area (Å²) in [5.41, 5.74) is 3.21. The van der Waals surface area contributed by atoms with E-state index < -0.39 is 0 Å². The number of hydrogen-bond donors (Lipinski definition) is 0. The zero-order valence-electron chi connectivity index (χ0n) is 13.2. The predicted octanol–water partition coefficient (Wildman–Crippen LogP) is 4.34. The van der Waals surface area contributed by atoms with Gasteiger partial charge >= 0.3 is 0 Å². The molecule has 0 N–H and O–H groups in total. The highest BCUT2D eigenvalue weighted by atomic mass is 16.3. The number of hydrogen-bond acceptors (Lipinski definition) is 2. The smallest absolute Gasteiger partial charge is 0.227 e. The highest BCUT2D eigenvalue weighted by molar-refractivity contribution is 5.96. The summed E-state index contributed by atoms with van der Waals surface area (Å²) in [7, 11) is 0. The Labute approximate surface area is 135 Å². The van der Waals surface area contributed by atoms with Crippen molar-refractivity contribution >= 4 is 22.6 Å². The SMILES string of the molecule is CC1Cc2ccccc2N1C(=O)CCc1cc2ccccc2o1. The van der Waals surface area contributed by atoms with E-state index in [-0.39, 0.29) is 11.9 Å². The molecule has 1 aliphatic heterocycles. The maximum Gasteiger partial charge on any atom is 0.227 e. The minimum Gasteiger partial charge on any atom is -0.461 e. The van der Waals surface area contributed by atoms with E-state index in [2.05, 4.69) is 13.0 Å². The van der Waals surface area contributed by atoms with Crippen molar-refractivity contribution in [3.63, 3.8) is 0 Å². The van der Waals surface area contributed by atoms with Gasteiger partial charge in [0.1, 0.15) is 11.3 Å². The molecule has 4 rings (SSSR count). The molecule has 1 aliphatic rings. The fourth-order valence-corrected chi connectivity index (χ4v) is 3.46. The normalized spacial score (nSPS) is 16.7. The first kappa shape index (κ1) is 14.1. The molecule has 2 aromatic carbocycles. The number of para-hydroxylation sites is 2. The molecule has 1 amide bonds. The van der Waals surface area contributed by atoms with Gasteiger partial charge in [-0.25, -0.2) is 0 Å². The maximum absolute atomic E-state index is 12.7. The molecule has 0 spiro atoms. The summed E-state index contributed by atoms with van der Waals surface area (Å²) in [6, 6.07) is 18.4. The molecule has 0 fully saturated rings. The van der Waals surface area contributed by atoms with Crippen molar-refractivity contribution in [2.24, 2.45) is 0 Å². The summed E-state index contributed by atoms with van der Waals surface area (Å²) in [6.45, 7) is 2.11. The van der Waals surface area contributed by atoms with Crippen LogP contribution < -0.4 is 4.90 Å². The molecule has 0 aliphatic carbocycles. The van der Waals surface area contributed by atoms with E-state index in [1.807, 2.05) is 53.4 Å². The van der Waals surface area contributed by atoms with Crippen molar-refractivity contribution in [3.05, 3.63) is 65.9 Å². The Kier molecular flexibility index (Phi) is 3.41. The number of carbonyl (C=O) groups is 1. The summed E-state index contributed by atoms with van der Waals surface area (Å²) in [5, 5.41) is 1.09. The number of carbonyl (C=O) groups excluding carboxylic acids is 1. The molecule has 3 nitrogen and oxygen atoms in total. The van der Waals surface area contributed by atoms with E-state index in [0.717, 1.165) is 28.8 Å². The largest absolute Gasteiger partial charge is 0.461 e. The number of anilines is 1. The first-order valence-corrected chi connectivity index (χ1v) is 8.10. The topological polar surface area (TPSA) is 33.5 Å². The number of benzene rings is 2. The monoisotopic (exact) mass is 305 g/mol. The Morgan fingerprint density at radius 2 is 1.96 bits per heavy atom. The van der Waals surface area contributed by atoms with Gasteiger partial charge in [0.25, 0.3) is 0 Å². The molecule has 3 heteroatoms. The molecule has 1 atom stereocenters. The zero-order valence-corrected chi connectivity index (χ0v) is 13.2. The fourth-order valence-electron chi connectivity index (χ4n) is 3.46. The Morgan fingerprint density at radius 1 is 1.17 bits per heavy atom. The van der Waals surface area contributed by atoms with E-state index >= 15 is 0 Å². The Balaban J connectivity index is 1.50. The number of rotatable bonds is 3. The second kappa shape index (κ2) is 5.58. The van der Waals surface area contributed by atoms with Gasteiger partial charge in [-0.3, -0.25) is 4.79 Å². The van der Waals surface area contributed by atoms with Crippen LogP contribution in [0.25, 0.3) is 11.0 Å². The van der Waals surface area contributed by atoms with Gasteiger partial charge in [0.15, 0.2) is 0 Å². The van der Waals surface area contributed by atoms with Gasteiger partial charge < -0.3 is 9.32 Å². The number of fused-ring (bicyclic) bond motifs is 2. The van der Waals surface area contributed by atoms with Crippen LogP contribution in [-0.4, -0.2) is 11.9 Å². The van der Waals surface area contributed by atoms with Gasteiger partial charge in [-0.15, -0.1) is 0 Å². The molecule has 23 heavy (non-hydrogen) atoms. The van der Waals surface area contributed by atoms with Crippen molar-refractivity contribution in [2.45, 2.75) is 32.2 Å². The van der Waals surface area contributed by atoms with Crippen LogP contribution in [0, 0.1) is 0 Å².